The molecule has 24 heavy (non-hydrogen) atoms. The van der Waals surface area contributed by atoms with E-state index in [1.54, 1.807) is 16.3 Å². The Bertz CT molecular complexity index is 815. The van der Waals surface area contributed by atoms with Crippen molar-refractivity contribution in [1.29, 1.82) is 0 Å². The van der Waals surface area contributed by atoms with Gasteiger partial charge in [0.05, 0.1) is 37.4 Å². The van der Waals surface area contributed by atoms with Crippen LogP contribution in [0.15, 0.2) is 22.6 Å². The van der Waals surface area contributed by atoms with Crippen LogP contribution in [0.25, 0.3) is 10.2 Å². The van der Waals surface area contributed by atoms with Gasteiger partial charge < -0.3 is 14.7 Å². The molecule has 3 heterocycles. The van der Waals surface area contributed by atoms with Crippen LogP contribution in [0, 0.1) is 0 Å². The first-order valence-corrected chi connectivity index (χ1v) is 8.46. The SMILES string of the molecule is O=C(O)CC1COCCN1C(=O)CCn1cnc2sccc2c1=O. The van der Waals surface area contributed by atoms with Gasteiger partial charge in [-0.2, -0.15) is 0 Å². The molecule has 0 aromatic carbocycles. The third kappa shape index (κ3) is 3.46. The van der Waals surface area contributed by atoms with Gasteiger partial charge in [-0.15, -0.1) is 11.3 Å². The average Bonchev–Trinajstić information content (AvgIpc) is 3.03. The van der Waals surface area contributed by atoms with Crippen molar-refractivity contribution in [2.24, 2.45) is 0 Å². The van der Waals surface area contributed by atoms with E-state index in [1.807, 2.05) is 0 Å². The second-order valence-electron chi connectivity index (χ2n) is 5.55. The van der Waals surface area contributed by atoms with Gasteiger partial charge >= 0.3 is 5.97 Å². The van der Waals surface area contributed by atoms with E-state index in [2.05, 4.69) is 4.98 Å². The largest absolute Gasteiger partial charge is 0.481 e. The molecule has 1 fully saturated rings. The van der Waals surface area contributed by atoms with Gasteiger partial charge in [-0.1, -0.05) is 0 Å². The second kappa shape index (κ2) is 7.10. The fraction of sp³-hybridized carbons (Fsp3) is 0.467. The summed E-state index contributed by atoms with van der Waals surface area (Å²) in [5, 5.41) is 11.3. The molecule has 128 valence electrons. The highest BCUT2D eigenvalue weighted by Gasteiger charge is 2.28. The Kier molecular flexibility index (Phi) is 4.91. The smallest absolute Gasteiger partial charge is 0.305 e. The Hall–Kier alpha value is -2.26. The van der Waals surface area contributed by atoms with Gasteiger partial charge in [0.25, 0.3) is 5.56 Å². The summed E-state index contributed by atoms with van der Waals surface area (Å²) < 4.78 is 6.68. The molecule has 1 aliphatic heterocycles. The summed E-state index contributed by atoms with van der Waals surface area (Å²) in [5.41, 5.74) is -0.168. The fourth-order valence-corrected chi connectivity index (χ4v) is 3.49. The number of thiophene rings is 1. The highest BCUT2D eigenvalue weighted by atomic mass is 32.1. The number of aromatic nitrogens is 2. The third-order valence-corrected chi connectivity index (χ3v) is 4.80. The molecule has 0 bridgehead atoms. The molecule has 1 atom stereocenters. The summed E-state index contributed by atoms with van der Waals surface area (Å²) in [7, 11) is 0. The van der Waals surface area contributed by atoms with Crippen molar-refractivity contribution in [3.8, 4) is 0 Å². The van der Waals surface area contributed by atoms with Crippen LogP contribution in [0.5, 0.6) is 0 Å². The van der Waals surface area contributed by atoms with E-state index in [0.29, 0.717) is 23.4 Å². The van der Waals surface area contributed by atoms with Crippen molar-refractivity contribution in [2.45, 2.75) is 25.4 Å². The number of carbonyl (C=O) groups excluding carboxylic acids is 1. The molecule has 1 unspecified atom stereocenters. The first-order chi connectivity index (χ1) is 11.6. The minimum Gasteiger partial charge on any atom is -0.481 e. The minimum atomic E-state index is -0.966. The van der Waals surface area contributed by atoms with Gasteiger partial charge in [-0.25, -0.2) is 4.98 Å². The predicted molar refractivity (Wildman–Crippen MR) is 87.1 cm³/mol. The lowest BCUT2D eigenvalue weighted by atomic mass is 10.1. The van der Waals surface area contributed by atoms with Crippen LogP contribution in [0.4, 0.5) is 0 Å². The topological polar surface area (TPSA) is 102 Å². The molecular formula is C15H17N3O5S. The number of aliphatic carboxylic acids is 1. The lowest BCUT2D eigenvalue weighted by Crippen LogP contribution is -2.49. The van der Waals surface area contributed by atoms with E-state index in [0.717, 1.165) is 0 Å². The Morgan fingerprint density at radius 2 is 2.29 bits per heavy atom. The second-order valence-corrected chi connectivity index (χ2v) is 6.44. The maximum absolute atomic E-state index is 12.4. The normalized spacial score (nSPS) is 18.0. The van der Waals surface area contributed by atoms with E-state index in [1.165, 1.54) is 22.2 Å². The Balaban J connectivity index is 1.68. The zero-order valence-corrected chi connectivity index (χ0v) is 13.7. The van der Waals surface area contributed by atoms with Crippen LogP contribution in [-0.4, -0.2) is 57.2 Å². The maximum Gasteiger partial charge on any atom is 0.305 e. The van der Waals surface area contributed by atoms with Crippen LogP contribution in [0.1, 0.15) is 12.8 Å². The first-order valence-electron chi connectivity index (χ1n) is 7.58. The summed E-state index contributed by atoms with van der Waals surface area (Å²) in [4.78, 5) is 42.1. The lowest BCUT2D eigenvalue weighted by Gasteiger charge is -2.35. The molecule has 1 aliphatic rings. The van der Waals surface area contributed by atoms with E-state index in [4.69, 9.17) is 9.84 Å². The molecule has 0 radical (unpaired) electrons. The molecule has 8 nitrogen and oxygen atoms in total. The third-order valence-electron chi connectivity index (χ3n) is 3.98. The highest BCUT2D eigenvalue weighted by molar-refractivity contribution is 7.16. The summed E-state index contributed by atoms with van der Waals surface area (Å²) in [6.45, 7) is 1.20. The van der Waals surface area contributed by atoms with Crippen molar-refractivity contribution in [1.82, 2.24) is 14.5 Å². The van der Waals surface area contributed by atoms with E-state index in [-0.39, 0.29) is 37.5 Å². The quantitative estimate of drug-likeness (QED) is 0.844. The molecule has 1 N–H and O–H groups in total. The number of carbonyl (C=O) groups is 2. The molecule has 0 aliphatic carbocycles. The predicted octanol–water partition coefficient (Wildman–Crippen LogP) is 0.550. The summed E-state index contributed by atoms with van der Waals surface area (Å²) in [6, 6.07) is 1.26. The van der Waals surface area contributed by atoms with Crippen LogP contribution in [0.2, 0.25) is 0 Å². The highest BCUT2D eigenvalue weighted by Crippen LogP contribution is 2.14. The molecule has 0 spiro atoms. The van der Waals surface area contributed by atoms with Gasteiger partial charge in [-0.3, -0.25) is 19.0 Å². The molecule has 2 aromatic heterocycles. The molecule has 1 saturated heterocycles. The minimum absolute atomic E-state index is 0.118. The Morgan fingerprint density at radius 1 is 1.46 bits per heavy atom. The van der Waals surface area contributed by atoms with Gasteiger partial charge in [0.1, 0.15) is 4.83 Å². The monoisotopic (exact) mass is 351 g/mol. The van der Waals surface area contributed by atoms with Crippen molar-refractivity contribution in [3.63, 3.8) is 0 Å². The van der Waals surface area contributed by atoms with E-state index in [9.17, 15) is 14.4 Å². The molecule has 9 heteroatoms. The summed E-state index contributed by atoms with van der Waals surface area (Å²) >= 11 is 1.39. The van der Waals surface area contributed by atoms with Gasteiger partial charge in [0, 0.05) is 19.5 Å². The number of hydrogen-bond acceptors (Lipinski definition) is 6. The van der Waals surface area contributed by atoms with Crippen molar-refractivity contribution in [2.75, 3.05) is 19.8 Å². The number of morpholine rings is 1. The number of hydrogen-bond donors (Lipinski definition) is 1. The fourth-order valence-electron chi connectivity index (χ4n) is 2.77. The Morgan fingerprint density at radius 3 is 3.08 bits per heavy atom. The van der Waals surface area contributed by atoms with Crippen LogP contribution in [0.3, 0.4) is 0 Å². The van der Waals surface area contributed by atoms with Gasteiger partial charge in [0.15, 0.2) is 0 Å². The van der Waals surface area contributed by atoms with Gasteiger partial charge in [-0.05, 0) is 11.4 Å². The Labute approximate surface area is 141 Å². The standard InChI is InChI=1S/C15H17N3O5S/c19-12(18-4-5-23-8-10(18)7-13(20)21)1-3-17-9-16-14-11(15(17)22)2-6-24-14/h2,6,9-10H,1,3-5,7-8H2,(H,20,21). The molecule has 3 rings (SSSR count). The number of nitrogens with zero attached hydrogens (tertiary/aromatic N) is 3. The number of carboxylic acids is 1. The summed E-state index contributed by atoms with van der Waals surface area (Å²) in [6.07, 6.45) is 1.42. The van der Waals surface area contributed by atoms with Crippen molar-refractivity contribution < 1.29 is 19.4 Å². The number of rotatable bonds is 5. The van der Waals surface area contributed by atoms with E-state index < -0.39 is 12.0 Å². The number of fused-ring (bicyclic) bond motifs is 1. The van der Waals surface area contributed by atoms with Crippen molar-refractivity contribution >= 4 is 33.4 Å². The summed E-state index contributed by atoms with van der Waals surface area (Å²) in [5.74, 6) is -1.14. The zero-order chi connectivity index (χ0) is 17.1. The molecular weight excluding hydrogens is 334 g/mol. The number of aryl methyl sites for hydroxylation is 1. The molecule has 0 saturated carbocycles. The molecule has 2 aromatic rings. The zero-order valence-electron chi connectivity index (χ0n) is 12.9. The first kappa shape index (κ1) is 16.6. The maximum atomic E-state index is 12.4. The van der Waals surface area contributed by atoms with Gasteiger partial charge in [0.2, 0.25) is 5.91 Å². The van der Waals surface area contributed by atoms with E-state index >= 15 is 0 Å². The number of ether oxygens (including phenoxy) is 1. The van der Waals surface area contributed by atoms with Crippen molar-refractivity contribution in [3.05, 3.63) is 28.1 Å². The number of carboxylic acid groups (broad SMARTS) is 1. The van der Waals surface area contributed by atoms with Crippen LogP contribution < -0.4 is 5.56 Å². The average molecular weight is 351 g/mol. The lowest BCUT2D eigenvalue weighted by molar-refractivity contribution is -0.146. The van der Waals surface area contributed by atoms with Crippen LogP contribution in [-0.2, 0) is 20.9 Å². The van der Waals surface area contributed by atoms with Crippen LogP contribution >= 0.6 is 11.3 Å². The number of amides is 1. The molecule has 1 amide bonds.